The summed E-state index contributed by atoms with van der Waals surface area (Å²) in [7, 11) is 0. The first kappa shape index (κ1) is 17.1. The highest BCUT2D eigenvalue weighted by molar-refractivity contribution is 6.36. The van der Waals surface area contributed by atoms with Crippen LogP contribution in [0.1, 0.15) is 17.3 Å². The minimum absolute atomic E-state index is 0.0154. The van der Waals surface area contributed by atoms with Gasteiger partial charge in [-0.25, -0.2) is 0 Å². The number of aromatic nitrogens is 3. The number of ketones is 1. The van der Waals surface area contributed by atoms with Crippen LogP contribution in [0.2, 0.25) is 10.0 Å². The Kier molecular flexibility index (Phi) is 5.11. The second kappa shape index (κ2) is 7.46. The molecule has 0 aliphatic heterocycles. The summed E-state index contributed by atoms with van der Waals surface area (Å²) in [6.07, 6.45) is 1.49. The van der Waals surface area contributed by atoms with Gasteiger partial charge in [-0.15, -0.1) is 5.10 Å². The third-order valence-electron chi connectivity index (χ3n) is 3.30. The number of carbonyl (C=O) groups excluding carboxylic acids is 1. The van der Waals surface area contributed by atoms with Gasteiger partial charge in [0.25, 0.3) is 0 Å². The average molecular weight is 374 g/mol. The van der Waals surface area contributed by atoms with Crippen LogP contribution in [0, 0.1) is 0 Å². The van der Waals surface area contributed by atoms with E-state index in [9.17, 15) is 4.79 Å². The van der Waals surface area contributed by atoms with Crippen molar-refractivity contribution in [3.63, 3.8) is 0 Å². The van der Waals surface area contributed by atoms with Crippen molar-refractivity contribution < 1.29 is 4.79 Å². The van der Waals surface area contributed by atoms with Crippen LogP contribution in [0.4, 0.5) is 23.1 Å². The first-order valence-electron chi connectivity index (χ1n) is 7.31. The molecule has 25 heavy (non-hydrogen) atoms. The number of hydrogen-bond donors (Lipinski definition) is 2. The van der Waals surface area contributed by atoms with E-state index in [4.69, 9.17) is 23.2 Å². The van der Waals surface area contributed by atoms with Crippen molar-refractivity contribution in [1.29, 1.82) is 0 Å². The van der Waals surface area contributed by atoms with Crippen LogP contribution in [0.3, 0.4) is 0 Å². The Hall–Kier alpha value is -2.70. The second-order valence-electron chi connectivity index (χ2n) is 5.17. The molecular weight excluding hydrogens is 361 g/mol. The first-order valence-corrected chi connectivity index (χ1v) is 8.07. The fraction of sp³-hybridized carbons (Fsp3) is 0.0588. The Labute approximate surface area is 154 Å². The number of rotatable bonds is 5. The lowest BCUT2D eigenvalue weighted by Crippen LogP contribution is -2.03. The molecule has 0 unspecified atom stereocenters. The third-order valence-corrected chi connectivity index (χ3v) is 3.85. The number of carbonyl (C=O) groups is 1. The van der Waals surface area contributed by atoms with Gasteiger partial charge >= 0.3 is 0 Å². The van der Waals surface area contributed by atoms with E-state index < -0.39 is 0 Å². The molecule has 126 valence electrons. The van der Waals surface area contributed by atoms with Crippen LogP contribution in [0.25, 0.3) is 0 Å². The van der Waals surface area contributed by atoms with E-state index >= 15 is 0 Å². The molecule has 0 amide bonds. The van der Waals surface area contributed by atoms with Crippen molar-refractivity contribution in [2.75, 3.05) is 10.6 Å². The van der Waals surface area contributed by atoms with Gasteiger partial charge in [-0.1, -0.05) is 23.2 Å². The molecular formula is C17H13Cl2N5O. The van der Waals surface area contributed by atoms with Crippen molar-refractivity contribution in [3.05, 3.63) is 64.3 Å². The summed E-state index contributed by atoms with van der Waals surface area (Å²) in [6.45, 7) is 1.52. The van der Waals surface area contributed by atoms with E-state index in [1.54, 1.807) is 42.5 Å². The van der Waals surface area contributed by atoms with E-state index in [2.05, 4.69) is 25.8 Å². The van der Waals surface area contributed by atoms with E-state index in [-0.39, 0.29) is 11.7 Å². The van der Waals surface area contributed by atoms with Crippen molar-refractivity contribution in [2.45, 2.75) is 6.92 Å². The first-order chi connectivity index (χ1) is 12.0. The summed E-state index contributed by atoms with van der Waals surface area (Å²) >= 11 is 12.0. The number of Topliss-reactive ketones (excluding diaryl/α,β-unsaturated/α-hetero) is 1. The highest BCUT2D eigenvalue weighted by Gasteiger charge is 2.06. The lowest BCUT2D eigenvalue weighted by atomic mass is 10.1. The number of nitrogens with one attached hydrogen (secondary N) is 2. The number of nitrogens with zero attached hydrogens (tertiary/aromatic N) is 3. The molecule has 0 bridgehead atoms. The van der Waals surface area contributed by atoms with E-state index in [0.717, 1.165) is 5.69 Å². The zero-order valence-electron chi connectivity index (χ0n) is 13.1. The zero-order chi connectivity index (χ0) is 17.8. The summed E-state index contributed by atoms with van der Waals surface area (Å²) in [5.41, 5.74) is 2.04. The molecule has 3 rings (SSSR count). The zero-order valence-corrected chi connectivity index (χ0v) is 14.6. The summed E-state index contributed by atoms with van der Waals surface area (Å²) in [5.74, 6) is 0.800. The quantitative estimate of drug-likeness (QED) is 0.621. The average Bonchev–Trinajstić information content (AvgIpc) is 2.58. The maximum absolute atomic E-state index is 11.3. The maximum atomic E-state index is 11.3. The van der Waals surface area contributed by atoms with E-state index in [1.807, 2.05) is 0 Å². The molecule has 6 nitrogen and oxygen atoms in total. The molecule has 0 saturated carbocycles. The highest BCUT2D eigenvalue weighted by atomic mass is 35.5. The molecule has 3 aromatic rings. The van der Waals surface area contributed by atoms with E-state index in [0.29, 0.717) is 27.1 Å². The smallest absolute Gasteiger partial charge is 0.249 e. The summed E-state index contributed by atoms with van der Waals surface area (Å²) in [4.78, 5) is 15.6. The van der Waals surface area contributed by atoms with Gasteiger partial charge in [-0.3, -0.25) is 4.79 Å². The molecule has 0 saturated heterocycles. The lowest BCUT2D eigenvalue weighted by molar-refractivity contribution is 0.101. The molecule has 8 heteroatoms. The molecule has 0 spiro atoms. The van der Waals surface area contributed by atoms with Crippen LogP contribution in [-0.2, 0) is 0 Å². The van der Waals surface area contributed by atoms with Gasteiger partial charge in [-0.2, -0.15) is 10.1 Å². The van der Waals surface area contributed by atoms with Crippen molar-refractivity contribution in [2.24, 2.45) is 0 Å². The van der Waals surface area contributed by atoms with E-state index in [1.165, 1.54) is 13.1 Å². The Morgan fingerprint density at radius 2 is 1.80 bits per heavy atom. The standard InChI is InChI=1S/C17H13Cl2N5O/c1-10(25)11-2-5-13(6-3-11)21-16-9-20-24-17(23-16)22-15-7-4-12(18)8-14(15)19/h2-9H,1H3,(H2,21,22,23,24). The number of anilines is 4. The topological polar surface area (TPSA) is 79.8 Å². The Balaban J connectivity index is 1.76. The molecule has 2 aromatic carbocycles. The monoisotopic (exact) mass is 373 g/mol. The SMILES string of the molecule is CC(=O)c1ccc(Nc2cnnc(Nc3ccc(Cl)cc3Cl)n2)cc1. The molecule has 1 heterocycles. The molecule has 0 aliphatic rings. The van der Waals surface area contributed by atoms with Gasteiger partial charge in [-0.05, 0) is 49.4 Å². The van der Waals surface area contributed by atoms with Gasteiger partial charge in [0.05, 0.1) is 16.9 Å². The Bertz CT molecular complexity index is 915. The predicted molar refractivity (Wildman–Crippen MR) is 99.3 cm³/mol. The molecule has 0 fully saturated rings. The van der Waals surface area contributed by atoms with Gasteiger partial charge in [0.1, 0.15) is 0 Å². The molecule has 1 aromatic heterocycles. The van der Waals surface area contributed by atoms with Gasteiger partial charge in [0.15, 0.2) is 11.6 Å². The van der Waals surface area contributed by atoms with Crippen molar-refractivity contribution in [1.82, 2.24) is 15.2 Å². The number of benzene rings is 2. The van der Waals surface area contributed by atoms with Crippen LogP contribution < -0.4 is 10.6 Å². The lowest BCUT2D eigenvalue weighted by Gasteiger charge is -2.09. The second-order valence-corrected chi connectivity index (χ2v) is 6.02. The van der Waals surface area contributed by atoms with Gasteiger partial charge in [0, 0.05) is 16.3 Å². The van der Waals surface area contributed by atoms with Crippen LogP contribution in [0.5, 0.6) is 0 Å². The Morgan fingerprint density at radius 1 is 1.04 bits per heavy atom. The molecule has 0 radical (unpaired) electrons. The van der Waals surface area contributed by atoms with Crippen molar-refractivity contribution in [3.8, 4) is 0 Å². The normalized spacial score (nSPS) is 10.4. The summed E-state index contributed by atoms with van der Waals surface area (Å²) < 4.78 is 0. The van der Waals surface area contributed by atoms with Crippen molar-refractivity contribution >= 4 is 52.1 Å². The summed E-state index contributed by atoms with van der Waals surface area (Å²) in [6, 6.07) is 12.1. The van der Waals surface area contributed by atoms with Gasteiger partial charge in [0.2, 0.25) is 5.95 Å². The predicted octanol–water partition coefficient (Wildman–Crippen LogP) is 4.87. The van der Waals surface area contributed by atoms with Gasteiger partial charge < -0.3 is 10.6 Å². The molecule has 2 N–H and O–H groups in total. The molecule has 0 atom stereocenters. The molecule has 0 aliphatic carbocycles. The minimum Gasteiger partial charge on any atom is -0.339 e. The van der Waals surface area contributed by atoms with Crippen LogP contribution in [0.15, 0.2) is 48.7 Å². The highest BCUT2D eigenvalue weighted by Crippen LogP contribution is 2.27. The van der Waals surface area contributed by atoms with Crippen LogP contribution in [-0.4, -0.2) is 21.0 Å². The Morgan fingerprint density at radius 3 is 2.48 bits per heavy atom. The number of hydrogen-bond acceptors (Lipinski definition) is 6. The summed E-state index contributed by atoms with van der Waals surface area (Å²) in [5, 5.41) is 14.9. The minimum atomic E-state index is 0.0154. The maximum Gasteiger partial charge on any atom is 0.249 e. The fourth-order valence-electron chi connectivity index (χ4n) is 2.06. The largest absolute Gasteiger partial charge is 0.339 e. The third kappa shape index (κ3) is 4.43. The van der Waals surface area contributed by atoms with Crippen LogP contribution >= 0.6 is 23.2 Å². The fourth-order valence-corrected chi connectivity index (χ4v) is 2.52. The number of halogens is 2.